The Morgan fingerprint density at radius 2 is 1.77 bits per heavy atom. The first kappa shape index (κ1) is 31.5. The molecule has 3 atom stereocenters. The summed E-state index contributed by atoms with van der Waals surface area (Å²) in [5.41, 5.74) is 3.11. The van der Waals surface area contributed by atoms with Crippen molar-refractivity contribution in [3.63, 3.8) is 0 Å². The number of aryl methyl sites for hydroxylation is 1. The summed E-state index contributed by atoms with van der Waals surface area (Å²) < 4.78 is 19.1. The van der Waals surface area contributed by atoms with Crippen LogP contribution in [0.5, 0.6) is 17.2 Å². The van der Waals surface area contributed by atoms with Crippen LogP contribution in [0.25, 0.3) is 11.1 Å². The Hall–Kier alpha value is -4.47. The van der Waals surface area contributed by atoms with Crippen LogP contribution in [0.2, 0.25) is 0 Å². The Morgan fingerprint density at radius 1 is 1.05 bits per heavy atom. The summed E-state index contributed by atoms with van der Waals surface area (Å²) >= 11 is 0. The van der Waals surface area contributed by atoms with Gasteiger partial charge in [0, 0.05) is 38.0 Å². The summed E-state index contributed by atoms with van der Waals surface area (Å²) in [6.45, 7) is 6.57. The molecule has 230 valence electrons. The van der Waals surface area contributed by atoms with Crippen molar-refractivity contribution in [3.8, 4) is 28.4 Å². The Morgan fingerprint density at radius 3 is 2.40 bits per heavy atom. The van der Waals surface area contributed by atoms with Gasteiger partial charge in [0.2, 0.25) is 23.0 Å². The first-order valence-electron chi connectivity index (χ1n) is 14.6. The third-order valence-corrected chi connectivity index (χ3v) is 8.06. The molecule has 0 spiro atoms. The first-order valence-corrected chi connectivity index (χ1v) is 14.6. The molecular formula is C33H42N4O6. The summed E-state index contributed by atoms with van der Waals surface area (Å²) in [5.74, 6) is 1.04. The summed E-state index contributed by atoms with van der Waals surface area (Å²) in [6, 6.07) is 9.87. The van der Waals surface area contributed by atoms with Gasteiger partial charge in [-0.1, -0.05) is 26.3 Å². The number of fused-ring (bicyclic) bond motifs is 3. The molecule has 10 nitrogen and oxygen atoms in total. The normalized spacial score (nSPS) is 15.2. The lowest BCUT2D eigenvalue weighted by Gasteiger charge is -2.24. The Kier molecular flexibility index (Phi) is 10.3. The van der Waals surface area contributed by atoms with Gasteiger partial charge >= 0.3 is 0 Å². The third kappa shape index (κ3) is 6.96. The van der Waals surface area contributed by atoms with E-state index in [0.717, 1.165) is 23.1 Å². The number of carbonyl (C=O) groups excluding carboxylic acids is 2. The SMILES string of the molecule is CC[C@@H](C)[C@H](Nc1ccc2c(cc1=O)[C@@H](NC(C)=O)CCc1cc(OC)c(OC)c(OC)c1-2)C(=O)NCCn1cccc1. The van der Waals surface area contributed by atoms with E-state index in [9.17, 15) is 14.4 Å². The minimum absolute atomic E-state index is 0.0426. The number of benzene rings is 1. The van der Waals surface area contributed by atoms with Crippen LogP contribution in [-0.2, 0) is 22.6 Å². The van der Waals surface area contributed by atoms with Gasteiger partial charge in [0.1, 0.15) is 6.04 Å². The molecular weight excluding hydrogens is 548 g/mol. The second-order valence-corrected chi connectivity index (χ2v) is 10.8. The molecule has 2 amide bonds. The highest BCUT2D eigenvalue weighted by Crippen LogP contribution is 2.50. The fourth-order valence-electron chi connectivity index (χ4n) is 5.63. The molecule has 0 saturated carbocycles. The van der Waals surface area contributed by atoms with Crippen LogP contribution >= 0.6 is 0 Å². The number of methoxy groups -OCH3 is 3. The number of nitrogens with zero attached hydrogens (tertiary/aromatic N) is 1. The molecule has 1 aliphatic rings. The maximum absolute atomic E-state index is 13.8. The predicted molar refractivity (Wildman–Crippen MR) is 167 cm³/mol. The lowest BCUT2D eigenvalue weighted by atomic mass is 9.95. The van der Waals surface area contributed by atoms with Gasteiger partial charge in [0.15, 0.2) is 11.5 Å². The van der Waals surface area contributed by atoms with E-state index in [1.54, 1.807) is 33.5 Å². The smallest absolute Gasteiger partial charge is 0.242 e. The monoisotopic (exact) mass is 590 g/mol. The van der Waals surface area contributed by atoms with Crippen molar-refractivity contribution in [2.45, 2.75) is 58.7 Å². The van der Waals surface area contributed by atoms with Crippen molar-refractivity contribution in [3.05, 3.63) is 70.1 Å². The van der Waals surface area contributed by atoms with Crippen molar-refractivity contribution in [1.29, 1.82) is 0 Å². The van der Waals surface area contributed by atoms with Gasteiger partial charge in [0.25, 0.3) is 0 Å². The van der Waals surface area contributed by atoms with Crippen LogP contribution in [0.4, 0.5) is 5.69 Å². The van der Waals surface area contributed by atoms with Crippen molar-refractivity contribution in [2.24, 2.45) is 5.92 Å². The van der Waals surface area contributed by atoms with E-state index in [4.69, 9.17) is 14.2 Å². The largest absolute Gasteiger partial charge is 0.493 e. The van der Waals surface area contributed by atoms with Crippen molar-refractivity contribution < 1.29 is 23.8 Å². The van der Waals surface area contributed by atoms with E-state index in [-0.39, 0.29) is 23.2 Å². The zero-order valence-electron chi connectivity index (χ0n) is 25.8. The number of rotatable bonds is 12. The molecule has 2 aromatic carbocycles. The van der Waals surface area contributed by atoms with Crippen LogP contribution in [0.3, 0.4) is 0 Å². The molecule has 1 heterocycles. The molecule has 0 saturated heterocycles. The standard InChI is InChI=1S/C33H42N4O6/c1-7-20(2)30(33(40)34-14-17-37-15-8-9-16-37)36-26-13-11-23-24(19-27(26)39)25(35-21(3)38)12-10-22-18-28(41-4)31(42-5)32(43-6)29(22)23/h8-9,11,13,15-16,18-20,25,30H,7,10,12,14,17H2,1-6H3,(H,34,40)(H,35,38)(H,36,39)/t20-,25+,30+/m1/s1. The van der Waals surface area contributed by atoms with E-state index in [2.05, 4.69) is 16.0 Å². The molecule has 0 radical (unpaired) electrons. The van der Waals surface area contributed by atoms with Gasteiger partial charge in [-0.05, 0) is 65.8 Å². The lowest BCUT2D eigenvalue weighted by Crippen LogP contribution is -2.45. The van der Waals surface area contributed by atoms with E-state index < -0.39 is 12.1 Å². The summed E-state index contributed by atoms with van der Waals surface area (Å²) in [4.78, 5) is 39.4. The molecule has 3 aromatic rings. The van der Waals surface area contributed by atoms with Gasteiger partial charge in [-0.25, -0.2) is 0 Å². The van der Waals surface area contributed by atoms with E-state index in [1.165, 1.54) is 6.92 Å². The van der Waals surface area contributed by atoms with Crippen molar-refractivity contribution in [2.75, 3.05) is 33.2 Å². The summed E-state index contributed by atoms with van der Waals surface area (Å²) in [5, 5.41) is 9.29. The maximum atomic E-state index is 13.8. The summed E-state index contributed by atoms with van der Waals surface area (Å²) in [7, 11) is 4.68. The fraction of sp³-hybridized carbons (Fsp3) is 0.424. The molecule has 1 aromatic heterocycles. The Bertz CT molecular complexity index is 1500. The second kappa shape index (κ2) is 14.1. The van der Waals surface area contributed by atoms with Crippen LogP contribution in [-0.4, -0.2) is 50.3 Å². The molecule has 0 aliphatic heterocycles. The first-order chi connectivity index (χ1) is 20.7. The number of carbonyl (C=O) groups is 2. The van der Waals surface area contributed by atoms with Crippen molar-refractivity contribution in [1.82, 2.24) is 15.2 Å². The second-order valence-electron chi connectivity index (χ2n) is 10.8. The van der Waals surface area contributed by atoms with Gasteiger partial charge < -0.3 is 34.7 Å². The number of ether oxygens (including phenoxy) is 3. The molecule has 3 N–H and O–H groups in total. The maximum Gasteiger partial charge on any atom is 0.242 e. The van der Waals surface area contributed by atoms with Crippen LogP contribution in [0.1, 0.15) is 50.8 Å². The quantitative estimate of drug-likeness (QED) is 0.288. The lowest BCUT2D eigenvalue weighted by molar-refractivity contribution is -0.123. The zero-order chi connectivity index (χ0) is 31.1. The number of amides is 2. The Labute approximate surface area is 252 Å². The van der Waals surface area contributed by atoms with Crippen molar-refractivity contribution >= 4 is 17.5 Å². The molecule has 10 heteroatoms. The van der Waals surface area contributed by atoms with E-state index >= 15 is 0 Å². The summed E-state index contributed by atoms with van der Waals surface area (Å²) in [6.07, 6.45) is 5.80. The van der Waals surface area contributed by atoms with Crippen LogP contribution in [0, 0.1) is 5.92 Å². The highest BCUT2D eigenvalue weighted by molar-refractivity contribution is 5.86. The van der Waals surface area contributed by atoms with Gasteiger partial charge in [0.05, 0.1) is 33.1 Å². The van der Waals surface area contributed by atoms with Crippen LogP contribution in [0.15, 0.2) is 53.6 Å². The highest BCUT2D eigenvalue weighted by Gasteiger charge is 2.30. The number of hydrogen-bond donors (Lipinski definition) is 3. The van der Waals surface area contributed by atoms with Gasteiger partial charge in [-0.2, -0.15) is 0 Å². The molecule has 1 aliphatic carbocycles. The van der Waals surface area contributed by atoms with Crippen LogP contribution < -0.4 is 35.6 Å². The zero-order valence-corrected chi connectivity index (χ0v) is 25.8. The van der Waals surface area contributed by atoms with Gasteiger partial charge in [-0.15, -0.1) is 0 Å². The number of hydrogen-bond acceptors (Lipinski definition) is 7. The molecule has 0 unspecified atom stereocenters. The third-order valence-electron chi connectivity index (χ3n) is 8.06. The minimum atomic E-state index is -0.623. The Balaban J connectivity index is 1.79. The topological polar surface area (TPSA) is 120 Å². The molecule has 0 fully saturated rings. The number of aromatic nitrogens is 1. The number of nitrogens with one attached hydrogen (secondary N) is 3. The average molecular weight is 591 g/mol. The molecule has 0 bridgehead atoms. The highest BCUT2D eigenvalue weighted by atomic mass is 16.5. The predicted octanol–water partition coefficient (Wildman–Crippen LogP) is 4.31. The molecule has 43 heavy (non-hydrogen) atoms. The van der Waals surface area contributed by atoms with E-state index in [1.807, 2.05) is 55.1 Å². The number of anilines is 1. The van der Waals surface area contributed by atoms with E-state index in [0.29, 0.717) is 54.4 Å². The fourth-order valence-corrected chi connectivity index (χ4v) is 5.63. The average Bonchev–Trinajstić information content (AvgIpc) is 3.41. The molecule has 4 rings (SSSR count). The van der Waals surface area contributed by atoms with Gasteiger partial charge in [-0.3, -0.25) is 14.4 Å². The minimum Gasteiger partial charge on any atom is -0.493 e.